The molecule has 0 aliphatic carbocycles. The van der Waals surface area contributed by atoms with Gasteiger partial charge in [0.15, 0.2) is 0 Å². The zero-order valence-corrected chi connectivity index (χ0v) is 13.9. The fraction of sp³-hybridized carbons (Fsp3) is 0.278. The number of nitrogens with zero attached hydrogens (tertiary/aromatic N) is 1. The molecule has 22 heavy (non-hydrogen) atoms. The zero-order valence-electron chi connectivity index (χ0n) is 13.1. The Morgan fingerprint density at radius 1 is 1.14 bits per heavy atom. The molecular formula is C18H20FNOS. The molecule has 0 aromatic heterocycles. The summed E-state index contributed by atoms with van der Waals surface area (Å²) in [5.41, 5.74) is 3.30. The molecule has 2 aromatic carbocycles. The van der Waals surface area contributed by atoms with Crippen LogP contribution in [0.5, 0.6) is 0 Å². The number of aryl methyl sites for hydroxylation is 2. The minimum atomic E-state index is -0.261. The highest BCUT2D eigenvalue weighted by Crippen LogP contribution is 2.23. The Balaban J connectivity index is 1.91. The maximum absolute atomic E-state index is 12.9. The van der Waals surface area contributed by atoms with Crippen molar-refractivity contribution < 1.29 is 9.18 Å². The van der Waals surface area contributed by atoms with Crippen LogP contribution in [0.15, 0.2) is 47.4 Å². The molecule has 2 nitrogen and oxygen atoms in total. The normalized spacial score (nSPS) is 10.5. The lowest BCUT2D eigenvalue weighted by atomic mass is 10.2. The summed E-state index contributed by atoms with van der Waals surface area (Å²) in [6, 6.07) is 12.5. The van der Waals surface area contributed by atoms with Gasteiger partial charge in [-0.1, -0.05) is 29.8 Å². The Labute approximate surface area is 135 Å². The van der Waals surface area contributed by atoms with Crippen LogP contribution in [0.1, 0.15) is 16.7 Å². The first-order valence-corrected chi connectivity index (χ1v) is 8.13. The van der Waals surface area contributed by atoms with E-state index in [2.05, 4.69) is 25.1 Å². The van der Waals surface area contributed by atoms with Gasteiger partial charge in [0.25, 0.3) is 0 Å². The van der Waals surface area contributed by atoms with Crippen molar-refractivity contribution in [2.45, 2.75) is 25.3 Å². The van der Waals surface area contributed by atoms with Crippen LogP contribution < -0.4 is 0 Å². The van der Waals surface area contributed by atoms with Crippen molar-refractivity contribution in [2.75, 3.05) is 12.8 Å². The van der Waals surface area contributed by atoms with Crippen LogP contribution in [0, 0.1) is 19.7 Å². The molecule has 0 spiro atoms. The molecule has 2 rings (SSSR count). The van der Waals surface area contributed by atoms with Gasteiger partial charge in [0.05, 0.1) is 5.75 Å². The van der Waals surface area contributed by atoms with E-state index in [9.17, 15) is 9.18 Å². The SMILES string of the molecule is Cc1ccc(C)c(SCC(=O)N(C)Cc2ccc(F)cc2)c1. The fourth-order valence-corrected chi connectivity index (χ4v) is 3.13. The van der Waals surface area contributed by atoms with Gasteiger partial charge in [-0.2, -0.15) is 0 Å². The third-order valence-corrected chi connectivity index (χ3v) is 4.60. The van der Waals surface area contributed by atoms with Gasteiger partial charge in [0.2, 0.25) is 5.91 Å². The molecule has 0 saturated heterocycles. The van der Waals surface area contributed by atoms with Crippen molar-refractivity contribution in [1.29, 1.82) is 0 Å². The first-order valence-electron chi connectivity index (χ1n) is 7.14. The van der Waals surface area contributed by atoms with Gasteiger partial charge in [-0.3, -0.25) is 4.79 Å². The van der Waals surface area contributed by atoms with Crippen molar-refractivity contribution in [2.24, 2.45) is 0 Å². The first kappa shape index (κ1) is 16.6. The molecule has 0 saturated carbocycles. The first-order chi connectivity index (χ1) is 10.5. The highest BCUT2D eigenvalue weighted by atomic mass is 32.2. The lowest BCUT2D eigenvalue weighted by Gasteiger charge is -2.17. The molecular weight excluding hydrogens is 297 g/mol. The van der Waals surface area contributed by atoms with Gasteiger partial charge in [-0.05, 0) is 43.2 Å². The molecule has 0 heterocycles. The molecule has 0 aliphatic rings. The molecule has 4 heteroatoms. The Bertz CT molecular complexity index is 655. The van der Waals surface area contributed by atoms with Gasteiger partial charge in [-0.25, -0.2) is 4.39 Å². The summed E-state index contributed by atoms with van der Waals surface area (Å²) >= 11 is 1.56. The van der Waals surface area contributed by atoms with Crippen LogP contribution in [0.3, 0.4) is 0 Å². The maximum Gasteiger partial charge on any atom is 0.232 e. The second-order valence-electron chi connectivity index (χ2n) is 5.43. The van der Waals surface area contributed by atoms with Gasteiger partial charge in [0, 0.05) is 18.5 Å². The molecule has 0 unspecified atom stereocenters. The van der Waals surface area contributed by atoms with Gasteiger partial charge >= 0.3 is 0 Å². The van der Waals surface area contributed by atoms with Crippen molar-refractivity contribution in [3.05, 3.63) is 65.0 Å². The van der Waals surface area contributed by atoms with E-state index in [0.29, 0.717) is 12.3 Å². The third kappa shape index (κ3) is 4.60. The van der Waals surface area contributed by atoms with Crippen LogP contribution in [0.25, 0.3) is 0 Å². The minimum Gasteiger partial charge on any atom is -0.341 e. The van der Waals surface area contributed by atoms with E-state index in [1.807, 2.05) is 6.92 Å². The molecule has 0 N–H and O–H groups in total. The Kier molecular flexibility index (Phi) is 5.61. The van der Waals surface area contributed by atoms with E-state index in [1.54, 1.807) is 35.8 Å². The Morgan fingerprint density at radius 2 is 1.82 bits per heavy atom. The monoisotopic (exact) mass is 317 g/mol. The Morgan fingerprint density at radius 3 is 2.50 bits per heavy atom. The summed E-state index contributed by atoms with van der Waals surface area (Å²) in [6.45, 7) is 4.59. The summed E-state index contributed by atoms with van der Waals surface area (Å²) in [5.74, 6) is 0.209. The standard InChI is InChI=1S/C18H20FNOS/c1-13-4-5-14(2)17(10-13)22-12-18(21)20(3)11-15-6-8-16(19)9-7-15/h4-10H,11-12H2,1-3H3. The van der Waals surface area contributed by atoms with Crippen molar-refractivity contribution in [3.63, 3.8) is 0 Å². The number of benzene rings is 2. The second-order valence-corrected chi connectivity index (χ2v) is 6.45. The maximum atomic E-state index is 12.9. The number of carbonyl (C=O) groups excluding carboxylic acids is 1. The van der Waals surface area contributed by atoms with E-state index in [1.165, 1.54) is 23.3 Å². The van der Waals surface area contributed by atoms with Crippen LogP contribution in [-0.2, 0) is 11.3 Å². The average molecular weight is 317 g/mol. The van der Waals surface area contributed by atoms with Crippen LogP contribution in [0.4, 0.5) is 4.39 Å². The number of rotatable bonds is 5. The number of hydrogen-bond donors (Lipinski definition) is 0. The van der Waals surface area contributed by atoms with Gasteiger partial charge in [-0.15, -0.1) is 11.8 Å². The number of hydrogen-bond acceptors (Lipinski definition) is 2. The molecule has 0 aliphatic heterocycles. The Hall–Kier alpha value is -1.81. The van der Waals surface area contributed by atoms with E-state index in [4.69, 9.17) is 0 Å². The smallest absolute Gasteiger partial charge is 0.232 e. The average Bonchev–Trinajstić information content (AvgIpc) is 2.50. The van der Waals surface area contributed by atoms with E-state index in [-0.39, 0.29) is 11.7 Å². The highest BCUT2D eigenvalue weighted by Gasteiger charge is 2.11. The summed E-state index contributed by atoms with van der Waals surface area (Å²) in [6.07, 6.45) is 0. The quantitative estimate of drug-likeness (QED) is 0.771. The predicted octanol–water partition coefficient (Wildman–Crippen LogP) is 4.19. The summed E-state index contributed by atoms with van der Waals surface area (Å²) < 4.78 is 12.9. The second kappa shape index (κ2) is 7.45. The fourth-order valence-electron chi connectivity index (χ4n) is 2.06. The lowest BCUT2D eigenvalue weighted by molar-refractivity contribution is -0.127. The molecule has 0 radical (unpaired) electrons. The summed E-state index contributed by atoms with van der Waals surface area (Å²) in [5, 5.41) is 0. The van der Waals surface area contributed by atoms with Crippen LogP contribution in [-0.4, -0.2) is 23.6 Å². The van der Waals surface area contributed by atoms with Crippen molar-refractivity contribution >= 4 is 17.7 Å². The van der Waals surface area contributed by atoms with Crippen LogP contribution >= 0.6 is 11.8 Å². The zero-order chi connectivity index (χ0) is 16.1. The lowest BCUT2D eigenvalue weighted by Crippen LogP contribution is -2.27. The van der Waals surface area contributed by atoms with E-state index in [0.717, 1.165) is 10.5 Å². The number of carbonyl (C=O) groups is 1. The third-order valence-electron chi connectivity index (χ3n) is 3.45. The molecule has 0 atom stereocenters. The number of amides is 1. The molecule has 0 bridgehead atoms. The minimum absolute atomic E-state index is 0.0650. The molecule has 0 fully saturated rings. The molecule has 1 amide bonds. The predicted molar refractivity (Wildman–Crippen MR) is 89.5 cm³/mol. The summed E-state index contributed by atoms with van der Waals surface area (Å²) in [7, 11) is 1.77. The summed E-state index contributed by atoms with van der Waals surface area (Å²) in [4.78, 5) is 15.0. The van der Waals surface area contributed by atoms with Crippen molar-refractivity contribution in [3.8, 4) is 0 Å². The van der Waals surface area contributed by atoms with Gasteiger partial charge < -0.3 is 4.90 Å². The highest BCUT2D eigenvalue weighted by molar-refractivity contribution is 8.00. The van der Waals surface area contributed by atoms with E-state index < -0.39 is 0 Å². The molecule has 2 aromatic rings. The largest absolute Gasteiger partial charge is 0.341 e. The molecule has 116 valence electrons. The topological polar surface area (TPSA) is 20.3 Å². The van der Waals surface area contributed by atoms with E-state index >= 15 is 0 Å². The number of halogens is 1. The van der Waals surface area contributed by atoms with Crippen LogP contribution in [0.2, 0.25) is 0 Å². The van der Waals surface area contributed by atoms with Gasteiger partial charge in [0.1, 0.15) is 5.82 Å². The number of thioether (sulfide) groups is 1. The van der Waals surface area contributed by atoms with Crippen molar-refractivity contribution in [1.82, 2.24) is 4.90 Å².